The summed E-state index contributed by atoms with van der Waals surface area (Å²) in [5, 5.41) is 0.705. The SMILES string of the molecule is CCN(CC)CCN(C(=O)c1ccccc1Br)c1nc2ccc(OC)cc2s1. The zero-order valence-corrected chi connectivity index (χ0v) is 18.7. The third-order valence-corrected chi connectivity index (χ3v) is 6.43. The number of thiazole rings is 1. The number of likely N-dealkylation sites (N-methyl/N-ethyl adjacent to an activating group) is 1. The van der Waals surface area contributed by atoms with Crippen LogP contribution in [-0.4, -0.2) is 49.1 Å². The predicted molar refractivity (Wildman–Crippen MR) is 120 cm³/mol. The minimum absolute atomic E-state index is 0.0503. The lowest BCUT2D eigenvalue weighted by atomic mass is 10.2. The van der Waals surface area contributed by atoms with Gasteiger partial charge < -0.3 is 9.64 Å². The number of fused-ring (bicyclic) bond motifs is 1. The third-order valence-electron chi connectivity index (χ3n) is 4.70. The van der Waals surface area contributed by atoms with Crippen molar-refractivity contribution >= 4 is 48.5 Å². The zero-order chi connectivity index (χ0) is 20.1. The number of aromatic nitrogens is 1. The molecule has 7 heteroatoms. The van der Waals surface area contributed by atoms with Crippen LogP contribution in [0.2, 0.25) is 0 Å². The van der Waals surface area contributed by atoms with Crippen LogP contribution < -0.4 is 9.64 Å². The first kappa shape index (κ1) is 20.8. The molecule has 0 aliphatic rings. The van der Waals surface area contributed by atoms with Crippen LogP contribution in [0.15, 0.2) is 46.9 Å². The maximum absolute atomic E-state index is 13.4. The topological polar surface area (TPSA) is 45.7 Å². The van der Waals surface area contributed by atoms with Crippen molar-refractivity contribution in [2.45, 2.75) is 13.8 Å². The van der Waals surface area contributed by atoms with Gasteiger partial charge in [0, 0.05) is 17.6 Å². The molecule has 3 rings (SSSR count). The molecular weight excluding hydrogens is 438 g/mol. The van der Waals surface area contributed by atoms with Gasteiger partial charge in [-0.2, -0.15) is 0 Å². The summed E-state index contributed by atoms with van der Waals surface area (Å²) >= 11 is 5.02. The van der Waals surface area contributed by atoms with E-state index in [1.807, 2.05) is 42.5 Å². The number of anilines is 1. The van der Waals surface area contributed by atoms with Crippen LogP contribution in [0.4, 0.5) is 5.13 Å². The number of benzene rings is 2. The van der Waals surface area contributed by atoms with Crippen molar-refractivity contribution in [2.24, 2.45) is 0 Å². The van der Waals surface area contributed by atoms with Crippen LogP contribution in [0.5, 0.6) is 5.75 Å². The number of methoxy groups -OCH3 is 1. The summed E-state index contributed by atoms with van der Waals surface area (Å²) in [7, 11) is 1.65. The van der Waals surface area contributed by atoms with E-state index in [0.717, 1.165) is 40.1 Å². The van der Waals surface area contributed by atoms with Crippen molar-refractivity contribution in [2.75, 3.05) is 38.2 Å². The lowest BCUT2D eigenvalue weighted by molar-refractivity contribution is 0.0983. The van der Waals surface area contributed by atoms with E-state index in [-0.39, 0.29) is 5.91 Å². The quantitative estimate of drug-likeness (QED) is 0.470. The molecule has 0 unspecified atom stereocenters. The molecule has 5 nitrogen and oxygen atoms in total. The normalized spacial score (nSPS) is 11.2. The summed E-state index contributed by atoms with van der Waals surface area (Å²) in [6, 6.07) is 13.3. The molecule has 0 aliphatic heterocycles. The van der Waals surface area contributed by atoms with E-state index in [1.54, 1.807) is 12.0 Å². The highest BCUT2D eigenvalue weighted by molar-refractivity contribution is 9.10. The Bertz CT molecular complexity index is 956. The summed E-state index contributed by atoms with van der Waals surface area (Å²) in [6.07, 6.45) is 0. The molecule has 0 saturated carbocycles. The maximum atomic E-state index is 13.4. The van der Waals surface area contributed by atoms with Gasteiger partial charge >= 0.3 is 0 Å². The van der Waals surface area contributed by atoms with Crippen molar-refractivity contribution < 1.29 is 9.53 Å². The number of rotatable bonds is 8. The van der Waals surface area contributed by atoms with Crippen LogP contribution in [-0.2, 0) is 0 Å². The monoisotopic (exact) mass is 461 g/mol. The average molecular weight is 462 g/mol. The molecule has 148 valence electrons. The van der Waals surface area contributed by atoms with Gasteiger partial charge in [-0.3, -0.25) is 9.69 Å². The van der Waals surface area contributed by atoms with Gasteiger partial charge in [0.2, 0.25) is 0 Å². The zero-order valence-electron chi connectivity index (χ0n) is 16.3. The number of carbonyl (C=O) groups is 1. The van der Waals surface area contributed by atoms with Gasteiger partial charge in [-0.1, -0.05) is 37.3 Å². The summed E-state index contributed by atoms with van der Waals surface area (Å²) in [6.45, 7) is 7.54. The van der Waals surface area contributed by atoms with E-state index < -0.39 is 0 Å². The van der Waals surface area contributed by atoms with Gasteiger partial charge in [-0.25, -0.2) is 4.98 Å². The van der Waals surface area contributed by atoms with Gasteiger partial charge in [0.1, 0.15) is 5.75 Å². The average Bonchev–Trinajstić information content (AvgIpc) is 3.14. The fraction of sp³-hybridized carbons (Fsp3) is 0.333. The van der Waals surface area contributed by atoms with Crippen molar-refractivity contribution in [3.8, 4) is 5.75 Å². The number of carbonyl (C=O) groups excluding carboxylic acids is 1. The second-order valence-electron chi connectivity index (χ2n) is 6.29. The molecule has 0 radical (unpaired) electrons. The number of halogens is 1. The number of hydrogen-bond donors (Lipinski definition) is 0. The maximum Gasteiger partial charge on any atom is 0.261 e. The van der Waals surface area contributed by atoms with Crippen molar-refractivity contribution in [1.82, 2.24) is 9.88 Å². The smallest absolute Gasteiger partial charge is 0.261 e. The van der Waals surface area contributed by atoms with E-state index >= 15 is 0 Å². The third kappa shape index (κ3) is 4.54. The molecule has 0 spiro atoms. The highest BCUT2D eigenvalue weighted by Crippen LogP contribution is 2.32. The standard InChI is InChI=1S/C21H24BrN3O2S/c1-4-24(5-2)12-13-25(20(26)16-8-6-7-9-17(16)22)21-23-18-11-10-15(27-3)14-19(18)28-21/h6-11,14H,4-5,12-13H2,1-3H3. The molecule has 1 amide bonds. The molecule has 0 atom stereocenters. The Morgan fingerprint density at radius 3 is 2.57 bits per heavy atom. The molecule has 1 aromatic heterocycles. The van der Waals surface area contributed by atoms with E-state index in [4.69, 9.17) is 9.72 Å². The van der Waals surface area contributed by atoms with Crippen molar-refractivity contribution in [1.29, 1.82) is 0 Å². The molecule has 0 N–H and O–H groups in total. The summed E-state index contributed by atoms with van der Waals surface area (Å²) in [4.78, 5) is 22.2. The predicted octanol–water partition coefficient (Wildman–Crippen LogP) is 5.06. The highest BCUT2D eigenvalue weighted by Gasteiger charge is 2.23. The van der Waals surface area contributed by atoms with Crippen LogP contribution in [0.25, 0.3) is 10.2 Å². The molecule has 2 aromatic carbocycles. The lowest BCUT2D eigenvalue weighted by Gasteiger charge is -2.25. The molecule has 0 aliphatic carbocycles. The Morgan fingerprint density at radius 1 is 1.14 bits per heavy atom. The second kappa shape index (κ2) is 9.49. The van der Waals surface area contributed by atoms with Gasteiger partial charge in [0.15, 0.2) is 5.13 Å². The first-order valence-electron chi connectivity index (χ1n) is 9.30. The van der Waals surface area contributed by atoms with Crippen LogP contribution >= 0.6 is 27.3 Å². The number of nitrogens with zero attached hydrogens (tertiary/aromatic N) is 3. The highest BCUT2D eigenvalue weighted by atomic mass is 79.9. The van der Waals surface area contributed by atoms with Crippen molar-refractivity contribution in [3.05, 3.63) is 52.5 Å². The number of ether oxygens (including phenoxy) is 1. The molecule has 0 saturated heterocycles. The minimum atomic E-state index is -0.0503. The summed E-state index contributed by atoms with van der Waals surface area (Å²) < 4.78 is 7.11. The minimum Gasteiger partial charge on any atom is -0.497 e. The Labute approximate surface area is 178 Å². The van der Waals surface area contributed by atoms with Crippen LogP contribution in [0.1, 0.15) is 24.2 Å². The Hall–Kier alpha value is -1.96. The molecule has 28 heavy (non-hydrogen) atoms. The second-order valence-corrected chi connectivity index (χ2v) is 8.16. The van der Waals surface area contributed by atoms with Crippen LogP contribution in [0.3, 0.4) is 0 Å². The van der Waals surface area contributed by atoms with Crippen molar-refractivity contribution in [3.63, 3.8) is 0 Å². The molecular formula is C21H24BrN3O2S. The largest absolute Gasteiger partial charge is 0.497 e. The van der Waals surface area contributed by atoms with Gasteiger partial charge in [0.05, 0.1) is 22.9 Å². The van der Waals surface area contributed by atoms with E-state index in [9.17, 15) is 4.79 Å². The molecule has 0 bridgehead atoms. The summed E-state index contributed by atoms with van der Waals surface area (Å²) in [5.41, 5.74) is 1.51. The number of hydrogen-bond acceptors (Lipinski definition) is 5. The Balaban J connectivity index is 1.97. The van der Waals surface area contributed by atoms with E-state index in [2.05, 4.69) is 34.7 Å². The van der Waals surface area contributed by atoms with E-state index in [0.29, 0.717) is 17.2 Å². The summed E-state index contributed by atoms with van der Waals surface area (Å²) in [5.74, 6) is 0.736. The van der Waals surface area contributed by atoms with Gasteiger partial charge in [0.25, 0.3) is 5.91 Å². The first-order valence-corrected chi connectivity index (χ1v) is 10.9. The molecule has 3 aromatic rings. The Morgan fingerprint density at radius 2 is 1.89 bits per heavy atom. The lowest BCUT2D eigenvalue weighted by Crippen LogP contribution is -2.39. The fourth-order valence-corrected chi connectivity index (χ4v) is 4.45. The Kier molecular flexibility index (Phi) is 7.04. The molecule has 1 heterocycles. The molecule has 0 fully saturated rings. The van der Waals surface area contributed by atoms with E-state index in [1.165, 1.54) is 11.3 Å². The number of amides is 1. The van der Waals surface area contributed by atoms with Gasteiger partial charge in [-0.05, 0) is 59.4 Å². The van der Waals surface area contributed by atoms with Gasteiger partial charge in [-0.15, -0.1) is 0 Å². The fourth-order valence-electron chi connectivity index (χ4n) is 2.98. The van der Waals surface area contributed by atoms with Crippen LogP contribution in [0, 0.1) is 0 Å². The first-order chi connectivity index (χ1) is 13.6.